The summed E-state index contributed by atoms with van der Waals surface area (Å²) in [5.41, 5.74) is 6.03. The van der Waals surface area contributed by atoms with Crippen LogP contribution in [-0.2, 0) is 4.74 Å². The number of nitrogens with two attached hydrogens (primary N) is 1. The third-order valence-electron chi connectivity index (χ3n) is 2.49. The quantitative estimate of drug-likeness (QED) is 0.593. The summed E-state index contributed by atoms with van der Waals surface area (Å²) in [4.78, 5) is 0. The minimum absolute atomic E-state index is 0.233. The second-order valence-corrected chi connectivity index (χ2v) is 3.72. The summed E-state index contributed by atoms with van der Waals surface area (Å²) in [7, 11) is 1.76. The van der Waals surface area contributed by atoms with E-state index in [0.29, 0.717) is 0 Å². The standard InChI is InChI=1S/C11H25NO/c1-4-6-7-9-10(12)11(13-3)8-5-2/h10-11H,4-9,12H2,1-3H3. The average molecular weight is 187 g/mol. The Hall–Kier alpha value is -0.0800. The molecule has 0 aromatic heterocycles. The van der Waals surface area contributed by atoms with Crippen molar-refractivity contribution in [3.05, 3.63) is 0 Å². The maximum absolute atomic E-state index is 6.03. The molecule has 2 heteroatoms. The normalized spacial score (nSPS) is 15.7. The van der Waals surface area contributed by atoms with Crippen molar-refractivity contribution in [1.82, 2.24) is 0 Å². The Bertz CT molecular complexity index is 106. The molecule has 0 radical (unpaired) electrons. The monoisotopic (exact) mass is 187 g/mol. The van der Waals surface area contributed by atoms with Gasteiger partial charge in [-0.2, -0.15) is 0 Å². The summed E-state index contributed by atoms with van der Waals surface area (Å²) < 4.78 is 5.36. The third-order valence-corrected chi connectivity index (χ3v) is 2.49. The first-order valence-corrected chi connectivity index (χ1v) is 5.54. The lowest BCUT2D eigenvalue weighted by Crippen LogP contribution is -2.35. The molecule has 0 saturated carbocycles. The summed E-state index contributed by atoms with van der Waals surface area (Å²) in [6, 6.07) is 0.233. The van der Waals surface area contributed by atoms with Gasteiger partial charge in [-0.05, 0) is 12.8 Å². The predicted molar refractivity (Wildman–Crippen MR) is 57.8 cm³/mol. The van der Waals surface area contributed by atoms with Crippen molar-refractivity contribution < 1.29 is 4.74 Å². The molecule has 0 bridgehead atoms. The van der Waals surface area contributed by atoms with E-state index in [1.54, 1.807) is 7.11 Å². The Balaban J connectivity index is 3.57. The van der Waals surface area contributed by atoms with Gasteiger partial charge in [-0.3, -0.25) is 0 Å². The minimum atomic E-state index is 0.233. The van der Waals surface area contributed by atoms with Crippen LogP contribution in [0.5, 0.6) is 0 Å². The molecule has 2 unspecified atom stereocenters. The Labute approximate surface area is 82.8 Å². The number of unbranched alkanes of at least 4 members (excludes halogenated alkanes) is 2. The predicted octanol–water partition coefficient (Wildman–Crippen LogP) is 2.71. The van der Waals surface area contributed by atoms with Gasteiger partial charge >= 0.3 is 0 Å². The maximum Gasteiger partial charge on any atom is 0.0722 e. The van der Waals surface area contributed by atoms with Gasteiger partial charge in [-0.1, -0.05) is 39.5 Å². The lowest BCUT2D eigenvalue weighted by atomic mass is 10.0. The number of rotatable bonds is 8. The van der Waals surface area contributed by atoms with Gasteiger partial charge in [-0.15, -0.1) is 0 Å². The number of methoxy groups -OCH3 is 1. The van der Waals surface area contributed by atoms with Crippen molar-refractivity contribution in [2.24, 2.45) is 5.73 Å². The first-order chi connectivity index (χ1) is 6.26. The molecule has 0 saturated heterocycles. The van der Waals surface area contributed by atoms with E-state index in [1.165, 1.54) is 19.3 Å². The lowest BCUT2D eigenvalue weighted by Gasteiger charge is -2.21. The molecular formula is C11H25NO. The van der Waals surface area contributed by atoms with Gasteiger partial charge in [0.05, 0.1) is 6.10 Å². The minimum Gasteiger partial charge on any atom is -0.380 e. The summed E-state index contributed by atoms with van der Waals surface area (Å²) in [6.07, 6.45) is 7.40. The van der Waals surface area contributed by atoms with E-state index in [0.717, 1.165) is 19.3 Å². The van der Waals surface area contributed by atoms with Gasteiger partial charge in [0.1, 0.15) is 0 Å². The zero-order valence-corrected chi connectivity index (χ0v) is 9.38. The van der Waals surface area contributed by atoms with E-state index in [-0.39, 0.29) is 12.1 Å². The molecule has 80 valence electrons. The fraction of sp³-hybridized carbons (Fsp3) is 1.00. The third kappa shape index (κ3) is 6.05. The first-order valence-electron chi connectivity index (χ1n) is 5.54. The van der Waals surface area contributed by atoms with Crippen molar-refractivity contribution >= 4 is 0 Å². The summed E-state index contributed by atoms with van der Waals surface area (Å²) >= 11 is 0. The van der Waals surface area contributed by atoms with E-state index in [4.69, 9.17) is 10.5 Å². The van der Waals surface area contributed by atoms with Crippen LogP contribution < -0.4 is 5.73 Å². The number of ether oxygens (including phenoxy) is 1. The molecule has 0 aliphatic rings. The van der Waals surface area contributed by atoms with Crippen LogP contribution in [0.4, 0.5) is 0 Å². The van der Waals surface area contributed by atoms with Crippen LogP contribution in [0.1, 0.15) is 52.4 Å². The summed E-state index contributed by atoms with van der Waals surface area (Å²) in [6.45, 7) is 4.39. The van der Waals surface area contributed by atoms with Crippen molar-refractivity contribution in [2.45, 2.75) is 64.5 Å². The highest BCUT2D eigenvalue weighted by Gasteiger charge is 2.15. The lowest BCUT2D eigenvalue weighted by molar-refractivity contribution is 0.0694. The van der Waals surface area contributed by atoms with Crippen molar-refractivity contribution in [3.8, 4) is 0 Å². The molecule has 2 nitrogen and oxygen atoms in total. The van der Waals surface area contributed by atoms with E-state index in [1.807, 2.05) is 0 Å². The molecule has 0 heterocycles. The molecule has 2 N–H and O–H groups in total. The molecule has 0 aliphatic carbocycles. The van der Waals surface area contributed by atoms with Gasteiger partial charge in [0.25, 0.3) is 0 Å². The van der Waals surface area contributed by atoms with Gasteiger partial charge in [-0.25, -0.2) is 0 Å². The van der Waals surface area contributed by atoms with E-state index >= 15 is 0 Å². The molecule has 0 fully saturated rings. The smallest absolute Gasteiger partial charge is 0.0722 e. The Morgan fingerprint density at radius 3 is 2.23 bits per heavy atom. The molecule has 0 aromatic rings. The van der Waals surface area contributed by atoms with Gasteiger partial charge in [0, 0.05) is 13.2 Å². The average Bonchev–Trinajstić information content (AvgIpc) is 2.14. The van der Waals surface area contributed by atoms with E-state index in [9.17, 15) is 0 Å². The largest absolute Gasteiger partial charge is 0.380 e. The number of hydrogen-bond donors (Lipinski definition) is 1. The topological polar surface area (TPSA) is 35.2 Å². The molecule has 0 aliphatic heterocycles. The molecule has 0 spiro atoms. The van der Waals surface area contributed by atoms with Crippen LogP contribution in [0.25, 0.3) is 0 Å². The second kappa shape index (κ2) is 8.52. The van der Waals surface area contributed by atoms with Crippen LogP contribution >= 0.6 is 0 Å². The van der Waals surface area contributed by atoms with Crippen LogP contribution in [0.2, 0.25) is 0 Å². The zero-order valence-electron chi connectivity index (χ0n) is 9.38. The molecule has 0 rings (SSSR count). The molecule has 0 aromatic carbocycles. The summed E-state index contributed by atoms with van der Waals surface area (Å²) in [5, 5.41) is 0. The highest BCUT2D eigenvalue weighted by Crippen LogP contribution is 2.11. The highest BCUT2D eigenvalue weighted by atomic mass is 16.5. The molecule has 13 heavy (non-hydrogen) atoms. The Morgan fingerprint density at radius 1 is 1.08 bits per heavy atom. The van der Waals surface area contributed by atoms with Crippen molar-refractivity contribution in [2.75, 3.05) is 7.11 Å². The molecular weight excluding hydrogens is 162 g/mol. The van der Waals surface area contributed by atoms with Gasteiger partial charge in [0.2, 0.25) is 0 Å². The Morgan fingerprint density at radius 2 is 1.77 bits per heavy atom. The second-order valence-electron chi connectivity index (χ2n) is 3.72. The molecule has 0 amide bonds. The first kappa shape index (κ1) is 12.9. The van der Waals surface area contributed by atoms with Crippen LogP contribution in [0.15, 0.2) is 0 Å². The van der Waals surface area contributed by atoms with Crippen LogP contribution in [0.3, 0.4) is 0 Å². The number of hydrogen-bond acceptors (Lipinski definition) is 2. The summed E-state index contributed by atoms with van der Waals surface area (Å²) in [5.74, 6) is 0. The van der Waals surface area contributed by atoms with Crippen molar-refractivity contribution in [1.29, 1.82) is 0 Å². The van der Waals surface area contributed by atoms with Crippen LogP contribution in [-0.4, -0.2) is 19.3 Å². The zero-order chi connectivity index (χ0) is 10.1. The SMILES string of the molecule is CCCCCC(N)C(CCC)OC. The maximum atomic E-state index is 6.03. The highest BCUT2D eigenvalue weighted by molar-refractivity contribution is 4.72. The van der Waals surface area contributed by atoms with Gasteiger partial charge in [0.15, 0.2) is 0 Å². The molecule has 2 atom stereocenters. The fourth-order valence-electron chi connectivity index (χ4n) is 1.61. The van der Waals surface area contributed by atoms with E-state index < -0.39 is 0 Å². The fourth-order valence-corrected chi connectivity index (χ4v) is 1.61. The Kier molecular flexibility index (Phi) is 8.46. The van der Waals surface area contributed by atoms with Crippen molar-refractivity contribution in [3.63, 3.8) is 0 Å². The van der Waals surface area contributed by atoms with E-state index in [2.05, 4.69) is 13.8 Å². The van der Waals surface area contributed by atoms with Gasteiger partial charge < -0.3 is 10.5 Å². The van der Waals surface area contributed by atoms with Crippen LogP contribution in [0, 0.1) is 0 Å².